The molecule has 3 rings (SSSR count). The van der Waals surface area contributed by atoms with Crippen LogP contribution in [0.15, 0.2) is 42.5 Å². The highest BCUT2D eigenvalue weighted by atomic mass is 32.2. The molecule has 0 spiro atoms. The summed E-state index contributed by atoms with van der Waals surface area (Å²) in [6.07, 6.45) is 0. The summed E-state index contributed by atoms with van der Waals surface area (Å²) in [5, 5.41) is 1.32. The third kappa shape index (κ3) is 5.12. The Morgan fingerprint density at radius 3 is 2.52 bits per heavy atom. The molecule has 0 unspecified atom stereocenters. The molecule has 3 aromatic rings. The van der Waals surface area contributed by atoms with Crippen molar-refractivity contribution in [3.05, 3.63) is 53.6 Å². The molecular weight excluding hydrogens is 422 g/mol. The lowest BCUT2D eigenvalue weighted by molar-refractivity contribution is 0.416. The van der Waals surface area contributed by atoms with E-state index in [1.54, 1.807) is 38.3 Å². The van der Waals surface area contributed by atoms with Crippen molar-refractivity contribution in [2.24, 2.45) is 5.84 Å². The number of aromatic nitrogens is 2. The van der Waals surface area contributed by atoms with Crippen molar-refractivity contribution >= 4 is 33.4 Å². The van der Waals surface area contributed by atoms with E-state index < -0.39 is 10.3 Å². The van der Waals surface area contributed by atoms with E-state index in [0.717, 1.165) is 5.56 Å². The van der Waals surface area contributed by atoms with Gasteiger partial charge in [0, 0.05) is 5.56 Å². The number of hydrogen-bond donors (Lipinski definition) is 5. The third-order valence-electron chi connectivity index (χ3n) is 4.46. The van der Waals surface area contributed by atoms with Crippen LogP contribution in [-0.4, -0.2) is 30.0 Å². The van der Waals surface area contributed by atoms with E-state index in [1.165, 1.54) is 11.1 Å². The molecule has 0 fully saturated rings. The Kier molecular flexibility index (Phi) is 6.15. The Hall–Kier alpha value is -3.61. The van der Waals surface area contributed by atoms with Gasteiger partial charge in [-0.3, -0.25) is 14.3 Å². The molecule has 0 aliphatic heterocycles. The van der Waals surface area contributed by atoms with Crippen LogP contribution in [0.25, 0.3) is 11.3 Å². The lowest BCUT2D eigenvalue weighted by atomic mass is 10.1. The highest BCUT2D eigenvalue weighted by molar-refractivity contribution is 7.87. The lowest BCUT2D eigenvalue weighted by Gasteiger charge is -2.22. The molecule has 0 amide bonds. The third-order valence-corrected chi connectivity index (χ3v) is 4.94. The second-order valence-electron chi connectivity index (χ2n) is 6.72. The van der Waals surface area contributed by atoms with Gasteiger partial charge in [-0.25, -0.2) is 10.8 Å². The Balaban J connectivity index is 1.93. The van der Waals surface area contributed by atoms with Crippen molar-refractivity contribution in [2.75, 3.05) is 28.3 Å². The molecule has 8 N–H and O–H groups in total. The number of nitrogens with one attached hydrogen (secondary N) is 1. The number of hydrazine groups is 1. The summed E-state index contributed by atoms with van der Waals surface area (Å²) in [6, 6.07) is 12.1. The average Bonchev–Trinajstić information content (AvgIpc) is 2.70. The van der Waals surface area contributed by atoms with E-state index in [0.29, 0.717) is 22.6 Å². The maximum Gasteiger partial charge on any atom is 0.357 e. The normalized spacial score (nSPS) is 11.2. The van der Waals surface area contributed by atoms with Crippen LogP contribution in [0, 0.1) is 6.92 Å². The topological polar surface area (TPSA) is 183 Å². The van der Waals surface area contributed by atoms with Gasteiger partial charge in [0.05, 0.1) is 19.3 Å². The molecule has 0 bridgehead atoms. The van der Waals surface area contributed by atoms with E-state index in [9.17, 15) is 8.42 Å². The van der Waals surface area contributed by atoms with E-state index in [1.807, 2.05) is 16.9 Å². The fourth-order valence-electron chi connectivity index (χ4n) is 3.09. The molecule has 0 radical (unpaired) electrons. The van der Waals surface area contributed by atoms with Gasteiger partial charge in [0.15, 0.2) is 5.82 Å². The van der Waals surface area contributed by atoms with Gasteiger partial charge in [0.1, 0.15) is 17.1 Å². The standard InChI is InChI=1S/C19H23N7O4S/c1-11-9-12(7-8-14(11)25-31(27,28)29)10-26(22)18-16(20)17(23-19(21)24-18)13-5-3-4-6-15(13)30-2/h3-9,25H,10,20,22H2,1-2H3,(H2,21,23,24)(H,27,28,29). The van der Waals surface area contributed by atoms with Crippen LogP contribution >= 0.6 is 0 Å². The molecule has 11 nitrogen and oxygen atoms in total. The van der Waals surface area contributed by atoms with Crippen LogP contribution in [0.3, 0.4) is 0 Å². The van der Waals surface area contributed by atoms with E-state index in [4.69, 9.17) is 26.6 Å². The van der Waals surface area contributed by atoms with Crippen molar-refractivity contribution in [3.63, 3.8) is 0 Å². The number of methoxy groups -OCH3 is 1. The zero-order valence-corrected chi connectivity index (χ0v) is 17.7. The van der Waals surface area contributed by atoms with Crippen molar-refractivity contribution in [3.8, 4) is 17.0 Å². The number of ether oxygens (including phenoxy) is 1. The van der Waals surface area contributed by atoms with Crippen molar-refractivity contribution in [2.45, 2.75) is 13.5 Å². The molecule has 12 heteroatoms. The first-order valence-electron chi connectivity index (χ1n) is 9.02. The molecule has 164 valence electrons. The number of rotatable bonds is 7. The fourth-order valence-corrected chi connectivity index (χ4v) is 3.60. The quantitative estimate of drug-likeness (QED) is 0.204. The smallest absolute Gasteiger partial charge is 0.357 e. The average molecular weight is 446 g/mol. The number of hydrogen-bond acceptors (Lipinski definition) is 9. The summed E-state index contributed by atoms with van der Waals surface area (Å²) < 4.78 is 38.4. The lowest BCUT2D eigenvalue weighted by Crippen LogP contribution is -2.32. The van der Waals surface area contributed by atoms with Crippen molar-refractivity contribution < 1.29 is 17.7 Å². The number of para-hydroxylation sites is 1. The van der Waals surface area contributed by atoms with Gasteiger partial charge in [-0.15, -0.1) is 0 Å². The fraction of sp³-hybridized carbons (Fsp3) is 0.158. The minimum absolute atomic E-state index is 0.00978. The molecule has 2 aromatic carbocycles. The van der Waals surface area contributed by atoms with Gasteiger partial charge in [0.2, 0.25) is 5.95 Å². The molecule has 1 aromatic heterocycles. The van der Waals surface area contributed by atoms with Crippen molar-refractivity contribution in [1.82, 2.24) is 9.97 Å². The second kappa shape index (κ2) is 8.63. The Bertz CT molecular complexity index is 1220. The van der Waals surface area contributed by atoms with Gasteiger partial charge < -0.3 is 16.2 Å². The molecule has 0 aliphatic carbocycles. The predicted molar refractivity (Wildman–Crippen MR) is 120 cm³/mol. The highest BCUT2D eigenvalue weighted by Crippen LogP contribution is 2.36. The number of nitrogen functional groups attached to an aromatic ring is 2. The Morgan fingerprint density at radius 1 is 1.16 bits per heavy atom. The van der Waals surface area contributed by atoms with Crippen LogP contribution < -0.4 is 31.8 Å². The van der Waals surface area contributed by atoms with E-state index >= 15 is 0 Å². The molecule has 1 heterocycles. The van der Waals surface area contributed by atoms with Gasteiger partial charge >= 0.3 is 10.3 Å². The first-order chi connectivity index (χ1) is 14.6. The molecular formula is C19H23N7O4S. The van der Waals surface area contributed by atoms with Crippen molar-refractivity contribution in [1.29, 1.82) is 0 Å². The van der Waals surface area contributed by atoms with Crippen LogP contribution in [0.4, 0.5) is 23.1 Å². The van der Waals surface area contributed by atoms with Crippen LogP contribution in [0.2, 0.25) is 0 Å². The van der Waals surface area contributed by atoms with Gasteiger partial charge in [-0.1, -0.05) is 24.3 Å². The summed E-state index contributed by atoms with van der Waals surface area (Å²) >= 11 is 0. The van der Waals surface area contributed by atoms with Crippen LogP contribution in [0.5, 0.6) is 5.75 Å². The van der Waals surface area contributed by atoms with E-state index in [2.05, 4.69) is 9.97 Å². The zero-order chi connectivity index (χ0) is 22.8. The summed E-state index contributed by atoms with van der Waals surface area (Å²) in [4.78, 5) is 8.43. The monoisotopic (exact) mass is 445 g/mol. The number of nitrogens with two attached hydrogens (primary N) is 3. The highest BCUT2D eigenvalue weighted by Gasteiger charge is 2.19. The van der Waals surface area contributed by atoms with Gasteiger partial charge in [-0.2, -0.15) is 13.4 Å². The molecule has 0 aliphatic rings. The second-order valence-corrected chi connectivity index (χ2v) is 7.88. The summed E-state index contributed by atoms with van der Waals surface area (Å²) in [5.74, 6) is 7.02. The maximum absolute atomic E-state index is 11.0. The van der Waals surface area contributed by atoms with Gasteiger partial charge in [-0.05, 0) is 36.2 Å². The largest absolute Gasteiger partial charge is 0.496 e. The minimum atomic E-state index is -4.37. The predicted octanol–water partition coefficient (Wildman–Crippen LogP) is 1.72. The molecule has 0 atom stereocenters. The SMILES string of the molecule is COc1ccccc1-c1nc(N)nc(N(N)Cc2ccc(NS(=O)(=O)O)c(C)c2)c1N. The number of aryl methyl sites for hydroxylation is 1. The molecule has 0 saturated heterocycles. The molecule has 0 saturated carbocycles. The van der Waals surface area contributed by atoms with Gasteiger partial charge in [0.25, 0.3) is 0 Å². The Morgan fingerprint density at radius 2 is 1.87 bits per heavy atom. The van der Waals surface area contributed by atoms with Crippen LogP contribution in [-0.2, 0) is 16.8 Å². The minimum Gasteiger partial charge on any atom is -0.496 e. The Labute approximate surface area is 179 Å². The zero-order valence-electron chi connectivity index (χ0n) is 16.9. The molecule has 31 heavy (non-hydrogen) atoms. The number of anilines is 4. The number of benzene rings is 2. The first-order valence-corrected chi connectivity index (χ1v) is 10.5. The first kappa shape index (κ1) is 22.1. The summed E-state index contributed by atoms with van der Waals surface area (Å²) in [7, 11) is -2.83. The van der Waals surface area contributed by atoms with E-state index in [-0.39, 0.29) is 29.7 Å². The maximum atomic E-state index is 11.0. The summed E-state index contributed by atoms with van der Waals surface area (Å²) in [5.41, 5.74) is 15.1. The summed E-state index contributed by atoms with van der Waals surface area (Å²) in [6.45, 7) is 1.88. The number of nitrogens with zero attached hydrogens (tertiary/aromatic N) is 3. The van der Waals surface area contributed by atoms with Crippen LogP contribution in [0.1, 0.15) is 11.1 Å².